The van der Waals surface area contributed by atoms with E-state index < -0.39 is 29.1 Å². The van der Waals surface area contributed by atoms with E-state index >= 15 is 0 Å². The third kappa shape index (κ3) is 3.16. The van der Waals surface area contributed by atoms with Crippen LogP contribution >= 0.6 is 0 Å². The third-order valence-corrected chi connectivity index (χ3v) is 5.66. The highest BCUT2D eigenvalue weighted by atomic mass is 19.2. The van der Waals surface area contributed by atoms with E-state index in [1.54, 1.807) is 0 Å². The minimum atomic E-state index is -1.41. The van der Waals surface area contributed by atoms with Gasteiger partial charge in [-0.2, -0.15) is 0 Å². The molecule has 146 valence electrons. The molecule has 0 aliphatic carbocycles. The Labute approximate surface area is 161 Å². The van der Waals surface area contributed by atoms with E-state index in [0.717, 1.165) is 36.5 Å². The molecule has 0 aromatic heterocycles. The van der Waals surface area contributed by atoms with Crippen LogP contribution in [0.5, 0.6) is 0 Å². The summed E-state index contributed by atoms with van der Waals surface area (Å²) in [6.45, 7) is 3.21. The standard InChI is InChI=1S/C21H21F2N3O2/c1-21(16-7-8-17(22)18(23)11-16)19(27)26(20(28)24-21)13-25-10-9-15(12-25)14-5-3-2-4-6-14/h2-8,11,15H,9-10,12-13H2,1H3,(H,24,28)/t15-,21+/m1/s1. The van der Waals surface area contributed by atoms with Crippen molar-refractivity contribution in [2.45, 2.75) is 24.8 Å². The summed E-state index contributed by atoms with van der Waals surface area (Å²) < 4.78 is 26.9. The van der Waals surface area contributed by atoms with E-state index in [9.17, 15) is 18.4 Å². The van der Waals surface area contributed by atoms with Crippen molar-refractivity contribution >= 4 is 11.9 Å². The van der Waals surface area contributed by atoms with Crippen LogP contribution in [0.3, 0.4) is 0 Å². The Balaban J connectivity index is 1.48. The zero-order chi connectivity index (χ0) is 19.9. The molecule has 3 amide bonds. The Morgan fingerprint density at radius 1 is 1.11 bits per heavy atom. The average molecular weight is 385 g/mol. The molecule has 2 aliphatic rings. The number of imide groups is 1. The number of nitrogens with zero attached hydrogens (tertiary/aromatic N) is 2. The summed E-state index contributed by atoms with van der Waals surface area (Å²) >= 11 is 0. The van der Waals surface area contributed by atoms with E-state index in [1.807, 2.05) is 18.2 Å². The summed E-state index contributed by atoms with van der Waals surface area (Å²) in [7, 11) is 0. The summed E-state index contributed by atoms with van der Waals surface area (Å²) in [4.78, 5) is 28.6. The van der Waals surface area contributed by atoms with Crippen molar-refractivity contribution in [3.63, 3.8) is 0 Å². The van der Waals surface area contributed by atoms with Crippen molar-refractivity contribution in [3.05, 3.63) is 71.3 Å². The Kier molecular flexibility index (Phi) is 4.63. The number of urea groups is 1. The van der Waals surface area contributed by atoms with Gasteiger partial charge >= 0.3 is 6.03 Å². The fraction of sp³-hybridized carbons (Fsp3) is 0.333. The Hall–Kier alpha value is -2.80. The van der Waals surface area contributed by atoms with Crippen molar-refractivity contribution < 1.29 is 18.4 Å². The monoisotopic (exact) mass is 385 g/mol. The molecule has 2 aliphatic heterocycles. The molecule has 1 N–H and O–H groups in total. The maximum Gasteiger partial charge on any atom is 0.326 e. The molecule has 2 atom stereocenters. The molecular weight excluding hydrogens is 364 g/mol. The number of halogens is 2. The Morgan fingerprint density at radius 2 is 1.86 bits per heavy atom. The number of hydrogen-bond donors (Lipinski definition) is 1. The van der Waals surface area contributed by atoms with Crippen molar-refractivity contribution in [1.29, 1.82) is 0 Å². The number of hydrogen-bond acceptors (Lipinski definition) is 3. The van der Waals surface area contributed by atoms with E-state index in [0.29, 0.717) is 5.92 Å². The predicted molar refractivity (Wildman–Crippen MR) is 99.3 cm³/mol. The number of rotatable bonds is 4. The summed E-state index contributed by atoms with van der Waals surface area (Å²) in [5.41, 5.74) is 0.0501. The molecule has 0 radical (unpaired) electrons. The smallest absolute Gasteiger partial charge is 0.319 e. The van der Waals surface area contributed by atoms with Crippen LogP contribution in [0, 0.1) is 11.6 Å². The maximum absolute atomic E-state index is 13.6. The lowest BCUT2D eigenvalue weighted by Crippen LogP contribution is -2.43. The highest BCUT2D eigenvalue weighted by Gasteiger charge is 2.49. The summed E-state index contributed by atoms with van der Waals surface area (Å²) in [6, 6.07) is 12.9. The quantitative estimate of drug-likeness (QED) is 0.823. The molecule has 2 fully saturated rings. The van der Waals surface area contributed by atoms with Crippen molar-refractivity contribution in [2.24, 2.45) is 0 Å². The highest BCUT2D eigenvalue weighted by Crippen LogP contribution is 2.32. The van der Waals surface area contributed by atoms with Crippen LogP contribution in [0.2, 0.25) is 0 Å². The normalized spacial score (nSPS) is 25.4. The average Bonchev–Trinajstić information content (AvgIpc) is 3.24. The molecule has 7 heteroatoms. The number of likely N-dealkylation sites (tertiary alicyclic amines) is 1. The molecule has 2 aromatic carbocycles. The number of carbonyl (C=O) groups excluding carboxylic acids is 2. The molecule has 0 saturated carbocycles. The zero-order valence-corrected chi connectivity index (χ0v) is 15.5. The van der Waals surface area contributed by atoms with E-state index in [2.05, 4.69) is 22.3 Å². The lowest BCUT2D eigenvalue weighted by molar-refractivity contribution is -0.132. The first kappa shape index (κ1) is 18.6. The Bertz CT molecular complexity index is 921. The third-order valence-electron chi connectivity index (χ3n) is 5.66. The molecule has 2 saturated heterocycles. The number of amides is 3. The highest BCUT2D eigenvalue weighted by molar-refractivity contribution is 6.07. The van der Waals surface area contributed by atoms with Crippen molar-refractivity contribution in [2.75, 3.05) is 19.8 Å². The van der Waals surface area contributed by atoms with Crippen LogP contribution in [-0.4, -0.2) is 41.5 Å². The van der Waals surface area contributed by atoms with Gasteiger partial charge in [-0.3, -0.25) is 9.69 Å². The van der Waals surface area contributed by atoms with Gasteiger partial charge in [-0.25, -0.2) is 18.5 Å². The molecule has 0 unspecified atom stereocenters. The molecule has 5 nitrogen and oxygen atoms in total. The lowest BCUT2D eigenvalue weighted by Gasteiger charge is -2.24. The second-order valence-electron chi connectivity index (χ2n) is 7.53. The van der Waals surface area contributed by atoms with Gasteiger partial charge in [0.05, 0.1) is 6.67 Å². The SMILES string of the molecule is C[C@@]1(c2ccc(F)c(F)c2)NC(=O)N(CN2CC[C@@H](c3ccccc3)C2)C1=O. The minimum Gasteiger partial charge on any atom is -0.319 e. The topological polar surface area (TPSA) is 52.7 Å². The van der Waals surface area contributed by atoms with Gasteiger partial charge in [-0.15, -0.1) is 0 Å². The number of nitrogens with one attached hydrogen (secondary N) is 1. The molecule has 0 spiro atoms. The fourth-order valence-corrected chi connectivity index (χ4v) is 3.99. The van der Waals surface area contributed by atoms with Crippen molar-refractivity contribution in [1.82, 2.24) is 15.1 Å². The lowest BCUT2D eigenvalue weighted by atomic mass is 9.92. The van der Waals surface area contributed by atoms with Gasteiger partial charge < -0.3 is 5.32 Å². The van der Waals surface area contributed by atoms with E-state index in [-0.39, 0.29) is 12.2 Å². The van der Waals surface area contributed by atoms with E-state index in [4.69, 9.17) is 0 Å². The zero-order valence-electron chi connectivity index (χ0n) is 15.5. The van der Waals surface area contributed by atoms with Gasteiger partial charge in [0.2, 0.25) is 0 Å². The fourth-order valence-electron chi connectivity index (χ4n) is 3.99. The molecular formula is C21H21F2N3O2. The number of benzene rings is 2. The first-order chi connectivity index (χ1) is 13.4. The summed E-state index contributed by atoms with van der Waals surface area (Å²) in [6.07, 6.45) is 0.952. The van der Waals surface area contributed by atoms with Gasteiger partial charge in [0.25, 0.3) is 5.91 Å². The van der Waals surface area contributed by atoms with Crippen molar-refractivity contribution in [3.8, 4) is 0 Å². The second kappa shape index (κ2) is 6.98. The van der Waals surface area contributed by atoms with E-state index in [1.165, 1.54) is 18.6 Å². The molecule has 4 rings (SSSR count). The molecule has 0 bridgehead atoms. The summed E-state index contributed by atoms with van der Waals surface area (Å²) in [5.74, 6) is -2.15. The molecule has 28 heavy (non-hydrogen) atoms. The Morgan fingerprint density at radius 3 is 2.57 bits per heavy atom. The summed E-state index contributed by atoms with van der Waals surface area (Å²) in [5, 5.41) is 2.63. The minimum absolute atomic E-state index is 0.174. The number of carbonyl (C=O) groups is 2. The molecule has 2 aromatic rings. The molecule has 2 heterocycles. The maximum atomic E-state index is 13.6. The van der Waals surface area contributed by atoms with Crippen LogP contribution in [0.25, 0.3) is 0 Å². The largest absolute Gasteiger partial charge is 0.326 e. The van der Waals surface area contributed by atoms with Crippen LogP contribution in [-0.2, 0) is 10.3 Å². The predicted octanol–water partition coefficient (Wildman–Crippen LogP) is 3.18. The first-order valence-electron chi connectivity index (χ1n) is 9.25. The van der Waals surface area contributed by atoms with Crippen LogP contribution in [0.4, 0.5) is 13.6 Å². The second-order valence-corrected chi connectivity index (χ2v) is 7.53. The van der Waals surface area contributed by atoms with Crippen LogP contribution < -0.4 is 5.32 Å². The van der Waals surface area contributed by atoms with Crippen LogP contribution in [0.15, 0.2) is 48.5 Å². The first-order valence-corrected chi connectivity index (χ1v) is 9.25. The van der Waals surface area contributed by atoms with Gasteiger partial charge in [0.15, 0.2) is 11.6 Å². The van der Waals surface area contributed by atoms with Gasteiger partial charge in [0, 0.05) is 13.1 Å². The van der Waals surface area contributed by atoms with Gasteiger partial charge in [-0.05, 0) is 42.5 Å². The van der Waals surface area contributed by atoms with Gasteiger partial charge in [-0.1, -0.05) is 36.4 Å². The van der Waals surface area contributed by atoms with Gasteiger partial charge in [0.1, 0.15) is 5.54 Å². The van der Waals surface area contributed by atoms with Crippen LogP contribution in [0.1, 0.15) is 30.4 Å².